The highest BCUT2D eigenvalue weighted by atomic mass is 16.5. The number of nitrogens with zero attached hydrogens (tertiary/aromatic N) is 3. The molecule has 0 amide bonds. The molecule has 0 saturated carbocycles. The van der Waals surface area contributed by atoms with Crippen LogP contribution in [0.1, 0.15) is 30.6 Å². The summed E-state index contributed by atoms with van der Waals surface area (Å²) in [7, 11) is 1.59. The highest BCUT2D eigenvalue weighted by Crippen LogP contribution is 2.29. The van der Waals surface area contributed by atoms with Gasteiger partial charge in [0.2, 0.25) is 5.89 Å². The summed E-state index contributed by atoms with van der Waals surface area (Å²) in [6, 6.07) is 0.166. The summed E-state index contributed by atoms with van der Waals surface area (Å²) in [4.78, 5) is 6.45. The number of aliphatic hydroxyl groups excluding tert-OH is 1. The Morgan fingerprint density at radius 2 is 2.47 bits per heavy atom. The lowest BCUT2D eigenvalue weighted by molar-refractivity contribution is 0.0336. The first-order chi connectivity index (χ1) is 8.20. The molecular formula is C11H19N3O3. The minimum Gasteiger partial charge on any atom is -0.389 e. The summed E-state index contributed by atoms with van der Waals surface area (Å²) in [5.74, 6) is 1.31. The number of aryl methyl sites for hydroxylation is 1. The molecule has 0 unspecified atom stereocenters. The summed E-state index contributed by atoms with van der Waals surface area (Å²) in [5.41, 5.74) is 0. The van der Waals surface area contributed by atoms with Gasteiger partial charge in [0.25, 0.3) is 0 Å². The summed E-state index contributed by atoms with van der Waals surface area (Å²) < 4.78 is 9.94. The van der Waals surface area contributed by atoms with Crippen LogP contribution in [0.2, 0.25) is 0 Å². The molecule has 1 N–H and O–H groups in total. The Labute approximate surface area is 101 Å². The molecule has 2 atom stereocenters. The molecule has 0 aliphatic carbocycles. The van der Waals surface area contributed by atoms with Crippen molar-refractivity contribution >= 4 is 0 Å². The third kappa shape index (κ3) is 3.02. The van der Waals surface area contributed by atoms with E-state index in [0.717, 1.165) is 25.2 Å². The Hall–Kier alpha value is -0.980. The van der Waals surface area contributed by atoms with Gasteiger partial charge in [0, 0.05) is 20.6 Å². The van der Waals surface area contributed by atoms with E-state index in [-0.39, 0.29) is 6.04 Å². The predicted molar refractivity (Wildman–Crippen MR) is 60.5 cm³/mol. The molecule has 0 bridgehead atoms. The molecule has 1 aliphatic heterocycles. The topological polar surface area (TPSA) is 71.6 Å². The van der Waals surface area contributed by atoms with E-state index in [4.69, 9.17) is 9.26 Å². The average molecular weight is 241 g/mol. The van der Waals surface area contributed by atoms with Crippen molar-refractivity contribution in [3.8, 4) is 0 Å². The highest BCUT2D eigenvalue weighted by Gasteiger charge is 2.30. The van der Waals surface area contributed by atoms with Crippen molar-refractivity contribution in [2.24, 2.45) is 0 Å². The van der Waals surface area contributed by atoms with Crippen molar-refractivity contribution in [3.05, 3.63) is 11.7 Å². The van der Waals surface area contributed by atoms with Gasteiger partial charge in [-0.3, -0.25) is 4.90 Å². The first-order valence-electron chi connectivity index (χ1n) is 5.92. The van der Waals surface area contributed by atoms with Gasteiger partial charge in [0.15, 0.2) is 5.82 Å². The van der Waals surface area contributed by atoms with Crippen LogP contribution in [0.5, 0.6) is 0 Å². The number of ether oxygens (including phenoxy) is 1. The Morgan fingerprint density at radius 3 is 3.12 bits per heavy atom. The molecule has 1 aromatic heterocycles. The van der Waals surface area contributed by atoms with Gasteiger partial charge in [-0.05, 0) is 19.4 Å². The van der Waals surface area contributed by atoms with Crippen molar-refractivity contribution in [2.45, 2.75) is 31.9 Å². The van der Waals surface area contributed by atoms with E-state index >= 15 is 0 Å². The van der Waals surface area contributed by atoms with Crippen LogP contribution in [0.25, 0.3) is 0 Å². The lowest BCUT2D eigenvalue weighted by Gasteiger charge is -2.24. The first kappa shape index (κ1) is 12.5. The van der Waals surface area contributed by atoms with Gasteiger partial charge in [-0.15, -0.1) is 0 Å². The van der Waals surface area contributed by atoms with Crippen molar-refractivity contribution in [1.82, 2.24) is 15.0 Å². The van der Waals surface area contributed by atoms with Gasteiger partial charge >= 0.3 is 0 Å². The van der Waals surface area contributed by atoms with Crippen molar-refractivity contribution in [3.63, 3.8) is 0 Å². The second-order valence-corrected chi connectivity index (χ2v) is 4.43. The van der Waals surface area contributed by atoms with E-state index in [2.05, 4.69) is 15.0 Å². The number of hydrogen-bond donors (Lipinski definition) is 1. The molecule has 0 radical (unpaired) electrons. The van der Waals surface area contributed by atoms with Crippen LogP contribution in [0.3, 0.4) is 0 Å². The summed E-state index contributed by atoms with van der Waals surface area (Å²) in [6.45, 7) is 3.69. The van der Waals surface area contributed by atoms with Crippen LogP contribution in [-0.2, 0) is 4.74 Å². The third-order valence-electron chi connectivity index (χ3n) is 3.01. The second kappa shape index (κ2) is 5.57. The fourth-order valence-electron chi connectivity index (χ4n) is 2.30. The third-order valence-corrected chi connectivity index (χ3v) is 3.01. The Morgan fingerprint density at radius 1 is 1.65 bits per heavy atom. The van der Waals surface area contributed by atoms with Crippen LogP contribution in [0, 0.1) is 6.92 Å². The van der Waals surface area contributed by atoms with Gasteiger partial charge in [0.05, 0.1) is 18.8 Å². The van der Waals surface area contributed by atoms with E-state index in [1.807, 2.05) is 0 Å². The molecule has 6 nitrogen and oxygen atoms in total. The number of aliphatic hydroxyl groups is 1. The van der Waals surface area contributed by atoms with Crippen LogP contribution in [-0.4, -0.2) is 53.1 Å². The molecule has 2 heterocycles. The number of β-amino-alcohol motifs (C(OH)–C–C–N with tert-alkyl or cyclic N) is 1. The molecule has 1 aromatic rings. The van der Waals surface area contributed by atoms with Crippen LogP contribution in [0.4, 0.5) is 0 Å². The maximum atomic E-state index is 9.75. The molecule has 96 valence electrons. The Balaban J connectivity index is 1.97. The lowest BCUT2D eigenvalue weighted by atomic mass is 10.2. The fourth-order valence-corrected chi connectivity index (χ4v) is 2.30. The molecule has 1 fully saturated rings. The molecule has 0 aromatic carbocycles. The van der Waals surface area contributed by atoms with Crippen LogP contribution >= 0.6 is 0 Å². The minimum absolute atomic E-state index is 0.166. The lowest BCUT2D eigenvalue weighted by Crippen LogP contribution is -2.34. The highest BCUT2D eigenvalue weighted by molar-refractivity contribution is 4.97. The van der Waals surface area contributed by atoms with E-state index in [0.29, 0.717) is 19.0 Å². The number of hydrogen-bond acceptors (Lipinski definition) is 6. The van der Waals surface area contributed by atoms with Gasteiger partial charge in [-0.2, -0.15) is 4.98 Å². The molecule has 17 heavy (non-hydrogen) atoms. The van der Waals surface area contributed by atoms with Crippen LogP contribution in [0.15, 0.2) is 4.52 Å². The van der Waals surface area contributed by atoms with Gasteiger partial charge in [-0.1, -0.05) is 5.16 Å². The number of likely N-dealkylation sites (tertiary alicyclic amines) is 1. The Kier molecular flexibility index (Phi) is 4.09. The van der Waals surface area contributed by atoms with Crippen molar-refractivity contribution in [2.75, 3.05) is 26.8 Å². The fraction of sp³-hybridized carbons (Fsp3) is 0.818. The molecule has 2 rings (SSSR count). The monoisotopic (exact) mass is 241 g/mol. The zero-order chi connectivity index (χ0) is 12.3. The SMILES string of the molecule is COC[C@H](O)CN1CCC[C@@H]1c1noc(C)n1. The zero-order valence-electron chi connectivity index (χ0n) is 10.3. The average Bonchev–Trinajstić information content (AvgIpc) is 2.87. The minimum atomic E-state index is -0.464. The quantitative estimate of drug-likeness (QED) is 0.810. The van der Waals surface area contributed by atoms with Gasteiger partial charge in [0.1, 0.15) is 0 Å². The second-order valence-electron chi connectivity index (χ2n) is 4.43. The Bertz CT molecular complexity index is 355. The molecular weight excluding hydrogens is 222 g/mol. The van der Waals surface area contributed by atoms with Gasteiger partial charge in [-0.25, -0.2) is 0 Å². The normalized spacial score (nSPS) is 23.1. The zero-order valence-corrected chi connectivity index (χ0v) is 10.3. The largest absolute Gasteiger partial charge is 0.389 e. The van der Waals surface area contributed by atoms with E-state index < -0.39 is 6.10 Å². The van der Waals surface area contributed by atoms with Crippen LogP contribution < -0.4 is 0 Å². The maximum Gasteiger partial charge on any atom is 0.223 e. The summed E-state index contributed by atoms with van der Waals surface area (Å²) in [5, 5.41) is 13.7. The number of methoxy groups -OCH3 is 1. The van der Waals surface area contributed by atoms with Crippen molar-refractivity contribution in [1.29, 1.82) is 0 Å². The smallest absolute Gasteiger partial charge is 0.223 e. The number of rotatable bonds is 5. The summed E-state index contributed by atoms with van der Waals surface area (Å²) in [6.07, 6.45) is 1.64. The summed E-state index contributed by atoms with van der Waals surface area (Å²) >= 11 is 0. The van der Waals surface area contributed by atoms with E-state index in [1.165, 1.54) is 0 Å². The van der Waals surface area contributed by atoms with Crippen molar-refractivity contribution < 1.29 is 14.4 Å². The first-order valence-corrected chi connectivity index (χ1v) is 5.92. The molecule has 0 spiro atoms. The standard InChI is InChI=1S/C11H19N3O3/c1-8-12-11(13-17-8)10-4-3-5-14(10)6-9(15)7-16-2/h9-10,15H,3-7H2,1-2H3/t9-,10-/m1/s1. The number of aromatic nitrogens is 2. The van der Waals surface area contributed by atoms with Gasteiger partial charge < -0.3 is 14.4 Å². The maximum absolute atomic E-state index is 9.75. The van der Waals surface area contributed by atoms with E-state index in [9.17, 15) is 5.11 Å². The van der Waals surface area contributed by atoms with E-state index in [1.54, 1.807) is 14.0 Å². The predicted octanol–water partition coefficient (Wildman–Crippen LogP) is 0.522. The molecule has 6 heteroatoms. The molecule has 1 aliphatic rings. The molecule has 1 saturated heterocycles.